The van der Waals surface area contributed by atoms with E-state index in [-0.39, 0.29) is 17.5 Å². The number of amides is 2. The van der Waals surface area contributed by atoms with Crippen molar-refractivity contribution in [3.05, 3.63) is 29.0 Å². The van der Waals surface area contributed by atoms with Gasteiger partial charge in [-0.15, -0.1) is 0 Å². The molecule has 0 aromatic heterocycles. The summed E-state index contributed by atoms with van der Waals surface area (Å²) in [6, 6.07) is 3.87. The summed E-state index contributed by atoms with van der Waals surface area (Å²) < 4.78 is 13.5. The monoisotopic (exact) mass is 313 g/mol. The van der Waals surface area contributed by atoms with Crippen molar-refractivity contribution in [3.8, 4) is 0 Å². The second-order valence-corrected chi connectivity index (χ2v) is 5.33. The number of primary amides is 1. The van der Waals surface area contributed by atoms with Crippen LogP contribution in [0.25, 0.3) is 0 Å². The van der Waals surface area contributed by atoms with Gasteiger partial charge in [0.25, 0.3) is 0 Å². The molecule has 21 heavy (non-hydrogen) atoms. The third-order valence-electron chi connectivity index (χ3n) is 3.60. The summed E-state index contributed by atoms with van der Waals surface area (Å²) >= 11 is 5.64. The molecule has 1 atom stereocenters. The number of carbonyl (C=O) groups is 2. The van der Waals surface area contributed by atoms with E-state index in [2.05, 4.69) is 0 Å². The van der Waals surface area contributed by atoms with Gasteiger partial charge in [0.2, 0.25) is 11.8 Å². The summed E-state index contributed by atoms with van der Waals surface area (Å²) in [4.78, 5) is 26.8. The first-order valence-corrected chi connectivity index (χ1v) is 7.10. The third-order valence-corrected chi connectivity index (χ3v) is 3.90. The lowest BCUT2D eigenvalue weighted by Crippen LogP contribution is -2.45. The SMILES string of the molecule is CCN(CC(N)=O)C1CCN(c2ccc(Cl)c(F)c2)C1=O. The molecule has 1 saturated heterocycles. The Hall–Kier alpha value is -1.66. The van der Waals surface area contributed by atoms with Crippen molar-refractivity contribution in [3.63, 3.8) is 0 Å². The maximum Gasteiger partial charge on any atom is 0.244 e. The Bertz CT molecular complexity index is 567. The van der Waals surface area contributed by atoms with Crippen LogP contribution in [0.4, 0.5) is 10.1 Å². The minimum Gasteiger partial charge on any atom is -0.369 e. The number of nitrogens with two attached hydrogens (primary N) is 1. The fourth-order valence-electron chi connectivity index (χ4n) is 2.56. The van der Waals surface area contributed by atoms with Crippen molar-refractivity contribution in [1.82, 2.24) is 4.90 Å². The van der Waals surface area contributed by atoms with Crippen LogP contribution in [0.5, 0.6) is 0 Å². The van der Waals surface area contributed by atoms with E-state index in [1.165, 1.54) is 17.0 Å². The first-order chi connectivity index (χ1) is 9.93. The maximum atomic E-state index is 13.5. The summed E-state index contributed by atoms with van der Waals surface area (Å²) in [5.41, 5.74) is 5.67. The molecule has 1 unspecified atom stereocenters. The van der Waals surface area contributed by atoms with Crippen LogP contribution in [0.3, 0.4) is 0 Å². The van der Waals surface area contributed by atoms with Crippen LogP contribution in [0.15, 0.2) is 18.2 Å². The molecule has 2 rings (SSSR count). The van der Waals surface area contributed by atoms with Gasteiger partial charge >= 0.3 is 0 Å². The van der Waals surface area contributed by atoms with E-state index in [4.69, 9.17) is 17.3 Å². The van der Waals surface area contributed by atoms with E-state index >= 15 is 0 Å². The Morgan fingerprint density at radius 2 is 2.29 bits per heavy atom. The fraction of sp³-hybridized carbons (Fsp3) is 0.429. The van der Waals surface area contributed by atoms with Gasteiger partial charge in [-0.1, -0.05) is 18.5 Å². The molecule has 1 aliphatic rings. The van der Waals surface area contributed by atoms with Crippen molar-refractivity contribution in [2.45, 2.75) is 19.4 Å². The molecule has 0 radical (unpaired) electrons. The molecule has 0 spiro atoms. The minimum absolute atomic E-state index is 0.0193. The van der Waals surface area contributed by atoms with Crippen molar-refractivity contribution in [2.24, 2.45) is 5.73 Å². The molecule has 0 saturated carbocycles. The summed E-state index contributed by atoms with van der Waals surface area (Å²) in [5.74, 6) is -1.18. The molecule has 5 nitrogen and oxygen atoms in total. The molecule has 2 amide bonds. The molecule has 1 aromatic rings. The van der Waals surface area contributed by atoms with E-state index in [0.717, 1.165) is 0 Å². The maximum absolute atomic E-state index is 13.5. The number of likely N-dealkylation sites (N-methyl/N-ethyl adjacent to an activating group) is 1. The Labute approximate surface area is 127 Å². The van der Waals surface area contributed by atoms with Gasteiger partial charge in [-0.2, -0.15) is 0 Å². The van der Waals surface area contributed by atoms with Crippen molar-refractivity contribution < 1.29 is 14.0 Å². The second kappa shape index (κ2) is 6.41. The van der Waals surface area contributed by atoms with Gasteiger partial charge < -0.3 is 10.6 Å². The van der Waals surface area contributed by atoms with Crippen LogP contribution in [-0.2, 0) is 9.59 Å². The average Bonchev–Trinajstić information content (AvgIpc) is 2.81. The zero-order chi connectivity index (χ0) is 15.6. The van der Waals surface area contributed by atoms with Crippen LogP contribution in [0.1, 0.15) is 13.3 Å². The highest BCUT2D eigenvalue weighted by molar-refractivity contribution is 6.30. The van der Waals surface area contributed by atoms with E-state index in [1.807, 2.05) is 6.92 Å². The summed E-state index contributed by atoms with van der Waals surface area (Å²) in [7, 11) is 0. The second-order valence-electron chi connectivity index (χ2n) is 4.92. The molecule has 7 heteroatoms. The lowest BCUT2D eigenvalue weighted by molar-refractivity contribution is -0.124. The molecular weight excluding hydrogens is 297 g/mol. The van der Waals surface area contributed by atoms with Crippen LogP contribution in [0, 0.1) is 5.82 Å². The number of carbonyl (C=O) groups excluding carboxylic acids is 2. The van der Waals surface area contributed by atoms with Crippen LogP contribution in [-0.4, -0.2) is 42.4 Å². The molecule has 114 valence electrons. The lowest BCUT2D eigenvalue weighted by atomic mass is 10.2. The van der Waals surface area contributed by atoms with Crippen LogP contribution in [0.2, 0.25) is 5.02 Å². The fourth-order valence-corrected chi connectivity index (χ4v) is 2.67. The third kappa shape index (κ3) is 3.33. The molecule has 0 aliphatic carbocycles. The standard InChI is InChI=1S/C14H17ClFN3O2/c1-2-18(8-13(17)20)12-5-6-19(14(12)21)9-3-4-10(15)11(16)7-9/h3-4,7,12H,2,5-6,8H2,1H3,(H2,17,20). The van der Waals surface area contributed by atoms with E-state index in [9.17, 15) is 14.0 Å². The summed E-state index contributed by atoms with van der Waals surface area (Å²) in [6.45, 7) is 2.92. The van der Waals surface area contributed by atoms with Gasteiger partial charge in [-0.05, 0) is 31.2 Å². The van der Waals surface area contributed by atoms with Gasteiger partial charge in [0.15, 0.2) is 0 Å². The number of benzene rings is 1. The van der Waals surface area contributed by atoms with E-state index in [0.29, 0.717) is 25.2 Å². The van der Waals surface area contributed by atoms with Gasteiger partial charge in [0, 0.05) is 12.2 Å². The van der Waals surface area contributed by atoms with Gasteiger partial charge in [-0.25, -0.2) is 4.39 Å². The number of hydrogen-bond donors (Lipinski definition) is 1. The molecule has 0 bridgehead atoms. The molecule has 1 aromatic carbocycles. The molecule has 2 N–H and O–H groups in total. The molecular formula is C14H17ClFN3O2. The predicted molar refractivity (Wildman–Crippen MR) is 78.6 cm³/mol. The zero-order valence-corrected chi connectivity index (χ0v) is 12.4. The summed E-state index contributed by atoms with van der Waals surface area (Å²) in [5, 5.41) is 0.0193. The average molecular weight is 314 g/mol. The highest BCUT2D eigenvalue weighted by Gasteiger charge is 2.36. The Morgan fingerprint density at radius 3 is 2.86 bits per heavy atom. The number of nitrogens with zero attached hydrogens (tertiary/aromatic N) is 2. The van der Waals surface area contributed by atoms with Crippen LogP contribution >= 0.6 is 11.6 Å². The predicted octanol–water partition coefficient (Wildman–Crippen LogP) is 1.39. The van der Waals surface area contributed by atoms with E-state index < -0.39 is 17.8 Å². The van der Waals surface area contributed by atoms with Gasteiger partial charge in [0.1, 0.15) is 5.82 Å². The number of hydrogen-bond acceptors (Lipinski definition) is 3. The zero-order valence-electron chi connectivity index (χ0n) is 11.7. The number of rotatable bonds is 5. The smallest absolute Gasteiger partial charge is 0.244 e. The summed E-state index contributed by atoms with van der Waals surface area (Å²) in [6.07, 6.45) is 0.574. The van der Waals surface area contributed by atoms with Crippen molar-refractivity contribution in [2.75, 3.05) is 24.5 Å². The molecule has 1 aliphatic heterocycles. The minimum atomic E-state index is -0.560. The Balaban J connectivity index is 2.17. The lowest BCUT2D eigenvalue weighted by Gasteiger charge is -2.25. The topological polar surface area (TPSA) is 66.6 Å². The first kappa shape index (κ1) is 15.7. The quantitative estimate of drug-likeness (QED) is 0.893. The number of anilines is 1. The Morgan fingerprint density at radius 1 is 1.57 bits per heavy atom. The molecule has 1 fully saturated rings. The Kier molecular flexibility index (Phi) is 4.80. The van der Waals surface area contributed by atoms with Crippen LogP contribution < -0.4 is 10.6 Å². The van der Waals surface area contributed by atoms with Crippen molar-refractivity contribution in [1.29, 1.82) is 0 Å². The van der Waals surface area contributed by atoms with Gasteiger partial charge in [-0.3, -0.25) is 14.5 Å². The largest absolute Gasteiger partial charge is 0.369 e. The van der Waals surface area contributed by atoms with Gasteiger partial charge in [0.05, 0.1) is 17.6 Å². The highest BCUT2D eigenvalue weighted by Crippen LogP contribution is 2.27. The molecule has 1 heterocycles. The van der Waals surface area contributed by atoms with Crippen molar-refractivity contribution >= 4 is 29.1 Å². The first-order valence-electron chi connectivity index (χ1n) is 6.72. The normalized spacial score (nSPS) is 18.6. The van der Waals surface area contributed by atoms with E-state index in [1.54, 1.807) is 11.0 Å². The highest BCUT2D eigenvalue weighted by atomic mass is 35.5. The number of halogens is 2.